The Morgan fingerprint density at radius 1 is 1.37 bits per heavy atom. The molecule has 186 valence electrons. The predicted molar refractivity (Wildman–Crippen MR) is 120 cm³/mol. The first-order chi connectivity index (χ1) is 16.5. The molecule has 9 nitrogen and oxygen atoms in total. The Morgan fingerprint density at radius 2 is 2.17 bits per heavy atom. The smallest absolute Gasteiger partial charge is 0.394 e. The molecule has 1 aliphatic carbocycles. The van der Waals surface area contributed by atoms with Gasteiger partial charge in [-0.15, -0.1) is 0 Å². The zero-order valence-corrected chi connectivity index (χ0v) is 19.5. The van der Waals surface area contributed by atoms with Gasteiger partial charge in [-0.2, -0.15) is 18.3 Å². The van der Waals surface area contributed by atoms with Crippen LogP contribution in [0.25, 0.3) is 11.4 Å². The molecule has 14 heteroatoms. The summed E-state index contributed by atoms with van der Waals surface area (Å²) in [5, 5.41) is 11.2. The molecular formula is C21H19BrF4N6O3. The van der Waals surface area contributed by atoms with Crippen molar-refractivity contribution >= 4 is 28.2 Å². The Labute approximate surface area is 204 Å². The summed E-state index contributed by atoms with van der Waals surface area (Å²) in [5.41, 5.74) is 3.85. The molecule has 0 radical (unpaired) electrons. The molecule has 0 saturated carbocycles. The minimum absolute atomic E-state index is 0.00260. The van der Waals surface area contributed by atoms with Gasteiger partial charge in [0.15, 0.2) is 0 Å². The minimum atomic E-state index is -4.49. The largest absolute Gasteiger partial charge is 0.411 e. The van der Waals surface area contributed by atoms with Crippen molar-refractivity contribution in [3.63, 3.8) is 0 Å². The van der Waals surface area contributed by atoms with E-state index in [0.29, 0.717) is 11.4 Å². The second-order valence-corrected chi connectivity index (χ2v) is 9.00. The number of nitrogens with two attached hydrogens (primary N) is 1. The molecule has 4 rings (SSSR count). The lowest BCUT2D eigenvalue weighted by Crippen LogP contribution is -2.39. The van der Waals surface area contributed by atoms with Crippen LogP contribution in [0.1, 0.15) is 18.5 Å². The third-order valence-electron chi connectivity index (χ3n) is 5.40. The predicted octanol–water partition coefficient (Wildman–Crippen LogP) is 4.45. The van der Waals surface area contributed by atoms with Gasteiger partial charge in [0.1, 0.15) is 23.3 Å². The van der Waals surface area contributed by atoms with Crippen LogP contribution in [0.4, 0.5) is 22.4 Å². The number of aliphatic imine (C=N–C) groups is 1. The van der Waals surface area contributed by atoms with E-state index in [1.807, 2.05) is 0 Å². The summed E-state index contributed by atoms with van der Waals surface area (Å²) in [6.07, 6.45) is 2.14. The minimum Gasteiger partial charge on any atom is -0.394 e. The van der Waals surface area contributed by atoms with Gasteiger partial charge in [-0.1, -0.05) is 23.4 Å². The zero-order chi connectivity index (χ0) is 25.3. The van der Waals surface area contributed by atoms with Crippen molar-refractivity contribution < 1.29 is 31.6 Å². The van der Waals surface area contributed by atoms with Crippen LogP contribution in [0.15, 0.2) is 64.2 Å². The van der Waals surface area contributed by atoms with Gasteiger partial charge in [-0.05, 0) is 34.5 Å². The number of nitrogens with zero attached hydrogens (tertiary/aromatic N) is 4. The van der Waals surface area contributed by atoms with E-state index in [0.717, 1.165) is 6.08 Å². The lowest BCUT2D eigenvalue weighted by Gasteiger charge is -2.32. The summed E-state index contributed by atoms with van der Waals surface area (Å²) >= 11 is 3.41. The molecular weight excluding hydrogens is 540 g/mol. The lowest BCUT2D eigenvalue weighted by molar-refractivity contribution is -0.141. The molecule has 2 aromatic rings. The van der Waals surface area contributed by atoms with E-state index in [9.17, 15) is 18.0 Å². The first-order valence-electron chi connectivity index (χ1n) is 10.3. The number of rotatable bonds is 7. The molecule has 3 N–H and O–H groups in total. The van der Waals surface area contributed by atoms with E-state index in [4.69, 9.17) is 15.0 Å². The average Bonchev–Trinajstić information content (AvgIpc) is 3.43. The second kappa shape index (κ2) is 9.32. The van der Waals surface area contributed by atoms with Crippen molar-refractivity contribution in [3.05, 3.63) is 60.4 Å². The number of hydrogen-bond acceptors (Lipinski definition) is 7. The number of carbonyl (C=O) groups excluding carboxylic acids is 1. The number of allylic oxidation sites excluding steroid dienone is 5. The van der Waals surface area contributed by atoms with Crippen LogP contribution in [0, 0.1) is 5.92 Å². The molecule has 0 saturated heterocycles. The molecule has 0 fully saturated rings. The average molecular weight is 559 g/mol. The molecule has 0 bridgehead atoms. The summed E-state index contributed by atoms with van der Waals surface area (Å²) in [4.78, 5) is 15.4. The van der Waals surface area contributed by atoms with Crippen LogP contribution in [-0.2, 0) is 15.9 Å². The number of alkyl halides is 5. The molecule has 2 aromatic heterocycles. The molecule has 3 unspecified atom stereocenters. The number of nitrogens with one attached hydrogen (secondary N) is 1. The van der Waals surface area contributed by atoms with Crippen molar-refractivity contribution in [2.75, 3.05) is 0 Å². The number of primary amides is 1. The number of ether oxygens (including phenoxy) is 1. The molecule has 35 heavy (non-hydrogen) atoms. The fourth-order valence-electron chi connectivity index (χ4n) is 3.71. The van der Waals surface area contributed by atoms with Crippen LogP contribution in [0.2, 0.25) is 0 Å². The standard InChI is InChI=1S/C21H19BrF4N6O3/c22-21(28-9-4-17(29-21)35-18(27)33)16-11-15(14-5-10-34-31-14)32(30-16)12-13-3-1-2-6-19(13,23)7-8-20(24,25)26/h1-6,9-11,13,29H,7-8,12H2,(H2,27,33). The highest BCUT2D eigenvalue weighted by Crippen LogP contribution is 2.39. The lowest BCUT2D eigenvalue weighted by atomic mass is 9.82. The van der Waals surface area contributed by atoms with Crippen molar-refractivity contribution in [2.24, 2.45) is 16.6 Å². The van der Waals surface area contributed by atoms with Crippen molar-refractivity contribution in [2.45, 2.75) is 35.8 Å². The Balaban J connectivity index is 1.66. The number of hydrogen-bond donors (Lipinski definition) is 2. The van der Waals surface area contributed by atoms with E-state index < -0.39 is 41.3 Å². The molecule has 1 amide bonds. The van der Waals surface area contributed by atoms with Crippen molar-refractivity contribution in [1.82, 2.24) is 20.3 Å². The van der Waals surface area contributed by atoms with Gasteiger partial charge >= 0.3 is 12.3 Å². The molecule has 2 aliphatic rings. The van der Waals surface area contributed by atoms with Crippen LogP contribution >= 0.6 is 15.9 Å². The van der Waals surface area contributed by atoms with Gasteiger partial charge in [0.2, 0.25) is 10.5 Å². The fourth-order valence-corrected chi connectivity index (χ4v) is 4.22. The number of halogens is 5. The SMILES string of the molecule is NC(=O)OC1=CC=NC(Br)(c2cc(-c3ccon3)n(CC3C=CC=CC3(F)CCC(F)(F)F)n2)N1. The number of aromatic nitrogens is 3. The van der Waals surface area contributed by atoms with Gasteiger partial charge in [0, 0.05) is 30.7 Å². The maximum absolute atomic E-state index is 15.7. The monoisotopic (exact) mass is 558 g/mol. The second-order valence-electron chi connectivity index (χ2n) is 7.85. The summed E-state index contributed by atoms with van der Waals surface area (Å²) in [6.45, 7) is -0.106. The first kappa shape index (κ1) is 24.7. The Bertz CT molecular complexity index is 1210. The van der Waals surface area contributed by atoms with E-state index in [2.05, 4.69) is 36.5 Å². The Kier molecular flexibility index (Phi) is 6.58. The maximum atomic E-state index is 15.7. The fraction of sp³-hybridized carbons (Fsp3) is 0.333. The number of amides is 1. The highest BCUT2D eigenvalue weighted by Gasteiger charge is 2.42. The maximum Gasteiger partial charge on any atom is 0.411 e. The highest BCUT2D eigenvalue weighted by atomic mass is 79.9. The van der Waals surface area contributed by atoms with Gasteiger partial charge in [0.05, 0.1) is 12.2 Å². The molecule has 3 atom stereocenters. The highest BCUT2D eigenvalue weighted by molar-refractivity contribution is 9.09. The van der Waals surface area contributed by atoms with E-state index in [-0.39, 0.29) is 18.1 Å². The quantitative estimate of drug-likeness (QED) is 0.294. The molecule has 0 aromatic carbocycles. The van der Waals surface area contributed by atoms with Gasteiger partial charge in [-0.25, -0.2) is 14.2 Å². The first-order valence-corrected chi connectivity index (χ1v) is 11.1. The molecule has 1 aliphatic heterocycles. The summed E-state index contributed by atoms with van der Waals surface area (Å²) in [6, 6.07) is 3.14. The van der Waals surface area contributed by atoms with Crippen LogP contribution < -0.4 is 11.1 Å². The van der Waals surface area contributed by atoms with E-state index in [1.165, 1.54) is 35.4 Å². The van der Waals surface area contributed by atoms with E-state index >= 15 is 4.39 Å². The third-order valence-corrected chi connectivity index (χ3v) is 6.21. The summed E-state index contributed by atoms with van der Waals surface area (Å²) in [5.74, 6) is -0.951. The molecule has 0 spiro atoms. The van der Waals surface area contributed by atoms with Crippen molar-refractivity contribution in [3.8, 4) is 11.4 Å². The Morgan fingerprint density at radius 3 is 2.86 bits per heavy atom. The van der Waals surface area contributed by atoms with Crippen LogP contribution in [0.5, 0.6) is 0 Å². The van der Waals surface area contributed by atoms with E-state index in [1.54, 1.807) is 18.2 Å². The molecule has 3 heterocycles. The topological polar surface area (TPSA) is 121 Å². The van der Waals surface area contributed by atoms with Crippen LogP contribution in [-0.4, -0.2) is 39.1 Å². The van der Waals surface area contributed by atoms with Gasteiger partial charge in [-0.3, -0.25) is 4.68 Å². The normalized spacial score (nSPS) is 25.9. The van der Waals surface area contributed by atoms with Crippen LogP contribution in [0.3, 0.4) is 0 Å². The van der Waals surface area contributed by atoms with Crippen molar-refractivity contribution in [1.29, 1.82) is 0 Å². The summed E-state index contributed by atoms with van der Waals surface area (Å²) in [7, 11) is 0. The van der Waals surface area contributed by atoms with Gasteiger partial charge < -0.3 is 20.3 Å². The van der Waals surface area contributed by atoms with Gasteiger partial charge in [0.25, 0.3) is 0 Å². The number of carbonyl (C=O) groups is 1. The zero-order valence-electron chi connectivity index (χ0n) is 17.9. The third kappa shape index (κ3) is 5.63. The Hall–Kier alpha value is -3.42. The summed E-state index contributed by atoms with van der Waals surface area (Å²) < 4.78 is 64.0.